The molecule has 2 aliphatic carbocycles. The average molecular weight is 961 g/mol. The number of phenolic OH excluding ortho intramolecular Hbond substituents is 8. The standard InChI is InChI=1S/C58H73O10P/c1-10-36(48(61)12-3)44-28-56(8)29-45(38-18-16-34(59)21-50(38)63)41-24-43(55(68)26-53(41)66)47(39-19-17-35(60)22-51(39)64)31-58(56,14-5)30-46(42-23-40(44)52(65)25-54(42)67)37(11-2)49(62)20-15-33(32(6)7)27-57(9,69)13-4/h10-11,13,16-19,21-26,32-33,44-47,59-68H,1-2,4,12,14-15,20,27-31,69H2,3,5-9H3/b48-36-,49-37-. The molecule has 0 fully saturated rings. The third-order valence-corrected chi connectivity index (χ3v) is 16.6. The van der Waals surface area contributed by atoms with Gasteiger partial charge in [-0.05, 0) is 108 Å². The lowest BCUT2D eigenvalue weighted by molar-refractivity contribution is -0.00464. The van der Waals surface area contributed by atoms with Crippen LogP contribution in [0.25, 0.3) is 0 Å². The van der Waals surface area contributed by atoms with Gasteiger partial charge in [-0.3, -0.25) is 0 Å². The minimum absolute atomic E-state index is 0.0458. The van der Waals surface area contributed by atoms with E-state index in [2.05, 4.69) is 63.6 Å². The van der Waals surface area contributed by atoms with Crippen LogP contribution in [0.4, 0.5) is 0 Å². The van der Waals surface area contributed by atoms with Crippen molar-refractivity contribution in [3.8, 4) is 46.0 Å². The molecule has 9 atom stereocenters. The van der Waals surface area contributed by atoms with Gasteiger partial charge >= 0.3 is 0 Å². The Morgan fingerprint density at radius 1 is 0.638 bits per heavy atom. The molecule has 9 unspecified atom stereocenters. The van der Waals surface area contributed by atoms with Crippen molar-refractivity contribution in [3.63, 3.8) is 0 Å². The van der Waals surface area contributed by atoms with Crippen molar-refractivity contribution in [2.24, 2.45) is 22.7 Å². The van der Waals surface area contributed by atoms with Gasteiger partial charge in [-0.2, -0.15) is 0 Å². The van der Waals surface area contributed by atoms with E-state index in [1.54, 1.807) is 36.4 Å². The molecule has 0 saturated carbocycles. The Morgan fingerprint density at radius 3 is 1.54 bits per heavy atom. The summed E-state index contributed by atoms with van der Waals surface area (Å²) in [7, 11) is 2.89. The van der Waals surface area contributed by atoms with Gasteiger partial charge < -0.3 is 51.1 Å². The predicted molar refractivity (Wildman–Crippen MR) is 278 cm³/mol. The summed E-state index contributed by atoms with van der Waals surface area (Å²) >= 11 is 0. The van der Waals surface area contributed by atoms with E-state index in [0.717, 1.165) is 6.42 Å². The Hall–Kier alpha value is -5.99. The summed E-state index contributed by atoms with van der Waals surface area (Å²) in [4.78, 5) is 0. The summed E-state index contributed by atoms with van der Waals surface area (Å²) < 4.78 is 0. The molecule has 4 aromatic rings. The van der Waals surface area contributed by atoms with Crippen LogP contribution in [0.5, 0.6) is 46.0 Å². The summed E-state index contributed by atoms with van der Waals surface area (Å²) in [5.41, 5.74) is 1.23. The van der Waals surface area contributed by atoms with Crippen LogP contribution in [-0.4, -0.2) is 56.2 Å². The first-order valence-electron chi connectivity index (χ1n) is 24.1. The molecule has 0 amide bonds. The zero-order chi connectivity index (χ0) is 50.9. The van der Waals surface area contributed by atoms with E-state index >= 15 is 0 Å². The molecule has 0 aliphatic heterocycles. The zero-order valence-corrected chi connectivity index (χ0v) is 42.2. The summed E-state index contributed by atoms with van der Waals surface area (Å²) in [5.74, 6) is -4.30. The molecular formula is C58H73O10P. The van der Waals surface area contributed by atoms with Crippen LogP contribution >= 0.6 is 9.24 Å². The number of phenols is 8. The van der Waals surface area contributed by atoms with Gasteiger partial charge in [0, 0.05) is 94.2 Å². The number of benzene rings is 4. The van der Waals surface area contributed by atoms with Gasteiger partial charge in [-0.25, -0.2) is 0 Å². The van der Waals surface area contributed by atoms with Gasteiger partial charge in [0.2, 0.25) is 0 Å². The highest BCUT2D eigenvalue weighted by Gasteiger charge is 2.54. The average Bonchev–Trinajstić information content (AvgIpc) is 3.34. The number of hydrogen-bond acceptors (Lipinski definition) is 10. The lowest BCUT2D eigenvalue weighted by Gasteiger charge is -2.54. The van der Waals surface area contributed by atoms with Crippen molar-refractivity contribution < 1.29 is 51.1 Å². The van der Waals surface area contributed by atoms with Crippen LogP contribution < -0.4 is 0 Å². The largest absolute Gasteiger partial charge is 0.512 e. The van der Waals surface area contributed by atoms with Crippen LogP contribution in [-0.2, 0) is 0 Å². The molecule has 69 heavy (non-hydrogen) atoms. The minimum atomic E-state index is -1.01. The third-order valence-electron chi connectivity index (χ3n) is 16.1. The second-order valence-corrected chi connectivity index (χ2v) is 22.0. The van der Waals surface area contributed by atoms with Crippen LogP contribution in [0.3, 0.4) is 0 Å². The van der Waals surface area contributed by atoms with E-state index < -0.39 is 34.5 Å². The molecule has 0 aromatic heterocycles. The molecule has 4 aromatic carbocycles. The molecule has 0 spiro atoms. The summed E-state index contributed by atoms with van der Waals surface area (Å²) in [6.07, 6.45) is 8.40. The van der Waals surface area contributed by atoms with E-state index in [1.165, 1.54) is 36.4 Å². The molecule has 0 heterocycles. The zero-order valence-electron chi connectivity index (χ0n) is 41.0. The van der Waals surface area contributed by atoms with Gasteiger partial charge in [-0.1, -0.05) is 85.1 Å². The Kier molecular flexibility index (Phi) is 15.6. The first-order valence-corrected chi connectivity index (χ1v) is 24.7. The number of hydrogen-bond donors (Lipinski definition) is 10. The maximum absolute atomic E-state index is 12.5. The SMILES string of the molecule is C=C/C(=C(/O)CC)C1CC2(C)CC(c3ccc(O)cc3O)c3cc(c(O)cc3O)C(c3ccc(O)cc3O)CC2(CC)CC(/C(C=C)=C(\O)CCC(CC(C)(P)C=C)C(C)C)c2cc1c(O)cc2O. The van der Waals surface area contributed by atoms with Gasteiger partial charge in [0.05, 0.1) is 11.5 Å². The highest BCUT2D eigenvalue weighted by Crippen LogP contribution is 2.67. The van der Waals surface area contributed by atoms with E-state index in [0.29, 0.717) is 63.8 Å². The number of rotatable bonds is 15. The third kappa shape index (κ3) is 10.3. The Bertz CT molecular complexity index is 2660. The number of fused-ring (bicyclic) bond motifs is 5. The maximum atomic E-state index is 12.5. The van der Waals surface area contributed by atoms with Crippen molar-refractivity contribution in [1.82, 2.24) is 0 Å². The summed E-state index contributed by atoms with van der Waals surface area (Å²) in [6.45, 7) is 24.9. The molecule has 11 heteroatoms. The van der Waals surface area contributed by atoms with Crippen LogP contribution in [0.2, 0.25) is 0 Å². The number of aliphatic hydroxyl groups excluding tert-OH is 2. The number of allylic oxidation sites excluding steroid dienone is 7. The van der Waals surface area contributed by atoms with E-state index in [4.69, 9.17) is 0 Å². The van der Waals surface area contributed by atoms with Crippen LogP contribution in [0.15, 0.2) is 121 Å². The monoisotopic (exact) mass is 960 g/mol. The summed E-state index contributed by atoms with van der Waals surface area (Å²) in [6, 6.07) is 14.7. The van der Waals surface area contributed by atoms with Gasteiger partial charge in [0.25, 0.3) is 0 Å². The highest BCUT2D eigenvalue weighted by molar-refractivity contribution is 7.19. The first kappa shape index (κ1) is 52.4. The van der Waals surface area contributed by atoms with Crippen molar-refractivity contribution in [3.05, 3.63) is 155 Å². The number of aliphatic hydroxyl groups is 2. The fourth-order valence-corrected chi connectivity index (χ4v) is 12.2. The Morgan fingerprint density at radius 2 is 1.09 bits per heavy atom. The number of aromatic hydroxyl groups is 8. The molecule has 2 aliphatic rings. The fourth-order valence-electron chi connectivity index (χ4n) is 11.9. The topological polar surface area (TPSA) is 202 Å². The molecule has 4 bridgehead atoms. The lowest BCUT2D eigenvalue weighted by atomic mass is 9.50. The van der Waals surface area contributed by atoms with Crippen LogP contribution in [0.1, 0.15) is 156 Å². The maximum Gasteiger partial charge on any atom is 0.123 e. The normalized spacial score (nSPS) is 24.6. The smallest absolute Gasteiger partial charge is 0.123 e. The van der Waals surface area contributed by atoms with Gasteiger partial charge in [0.15, 0.2) is 0 Å². The molecule has 0 radical (unpaired) electrons. The van der Waals surface area contributed by atoms with E-state index in [-0.39, 0.29) is 107 Å². The van der Waals surface area contributed by atoms with Crippen molar-refractivity contribution in [1.29, 1.82) is 0 Å². The highest BCUT2D eigenvalue weighted by atomic mass is 31.0. The molecule has 10 N–H and O–H groups in total. The van der Waals surface area contributed by atoms with Crippen molar-refractivity contribution >= 4 is 9.24 Å². The van der Waals surface area contributed by atoms with Gasteiger partial charge in [-0.15, -0.1) is 15.8 Å². The fraction of sp³-hybridized carbons (Fsp3) is 0.414. The quantitative estimate of drug-likeness (QED) is 0.0236. The summed E-state index contributed by atoms with van der Waals surface area (Å²) in [5, 5.41) is 117. The lowest BCUT2D eigenvalue weighted by Crippen LogP contribution is -2.44. The first-order chi connectivity index (χ1) is 32.5. The molecule has 6 rings (SSSR count). The van der Waals surface area contributed by atoms with E-state index in [1.807, 2.05) is 13.0 Å². The Balaban J connectivity index is 1.76. The minimum Gasteiger partial charge on any atom is -0.512 e. The molecule has 370 valence electrons. The molecule has 0 saturated heterocycles. The second kappa shape index (κ2) is 20.5. The van der Waals surface area contributed by atoms with Gasteiger partial charge in [0.1, 0.15) is 46.0 Å². The van der Waals surface area contributed by atoms with Crippen molar-refractivity contribution in [2.45, 2.75) is 128 Å². The molecular weight excluding hydrogens is 888 g/mol. The predicted octanol–water partition coefficient (Wildman–Crippen LogP) is 14.1. The Labute approximate surface area is 410 Å². The second-order valence-electron chi connectivity index (χ2n) is 20.7. The van der Waals surface area contributed by atoms with Crippen LogP contribution in [0, 0.1) is 22.7 Å². The van der Waals surface area contributed by atoms with E-state index in [9.17, 15) is 51.1 Å². The van der Waals surface area contributed by atoms with Crippen molar-refractivity contribution in [2.75, 3.05) is 0 Å². The molecule has 10 nitrogen and oxygen atoms in total.